The maximum atomic E-state index is 5.37. The number of ether oxygens (including phenoxy) is 1. The molecule has 0 radical (unpaired) electrons. The van der Waals surface area contributed by atoms with Crippen LogP contribution in [0.2, 0.25) is 0 Å². The molecule has 0 saturated heterocycles. The zero-order valence-electron chi connectivity index (χ0n) is 11.6. The molecule has 0 saturated carbocycles. The summed E-state index contributed by atoms with van der Waals surface area (Å²) < 4.78 is 6.42. The Hall–Kier alpha value is -1.82. The average Bonchev–Trinajstić information content (AvgIpc) is 2.46. The molecular weight excluding hydrogens is 320 g/mol. The number of nitrogens with zero attached hydrogens (tertiary/aromatic N) is 2. The Labute approximate surface area is 126 Å². The zero-order chi connectivity index (χ0) is 14.5. The Kier molecular flexibility index (Phi) is 4.79. The van der Waals surface area contributed by atoms with Crippen molar-refractivity contribution in [3.63, 3.8) is 0 Å². The summed E-state index contributed by atoms with van der Waals surface area (Å²) >= 11 is 3.48. The van der Waals surface area contributed by atoms with Crippen LogP contribution in [0.4, 0.5) is 11.6 Å². The number of methoxy groups -OCH3 is 1. The Morgan fingerprint density at radius 2 is 2.00 bits per heavy atom. The van der Waals surface area contributed by atoms with Gasteiger partial charge in [0.15, 0.2) is 11.6 Å². The van der Waals surface area contributed by atoms with Gasteiger partial charge in [0.25, 0.3) is 0 Å². The highest BCUT2D eigenvalue weighted by Gasteiger charge is 2.14. The van der Waals surface area contributed by atoms with Crippen LogP contribution in [0.5, 0.6) is 5.75 Å². The lowest BCUT2D eigenvalue weighted by Crippen LogP contribution is -2.10. The van der Waals surface area contributed by atoms with Gasteiger partial charge in [-0.15, -0.1) is 0 Å². The van der Waals surface area contributed by atoms with E-state index in [-0.39, 0.29) is 6.04 Å². The third-order valence-corrected chi connectivity index (χ3v) is 3.44. The number of aromatic nitrogens is 2. The van der Waals surface area contributed by atoms with Crippen molar-refractivity contribution in [1.82, 2.24) is 9.97 Å². The highest BCUT2D eigenvalue weighted by atomic mass is 79.9. The second-order valence-electron chi connectivity index (χ2n) is 4.28. The van der Waals surface area contributed by atoms with Crippen molar-refractivity contribution >= 4 is 27.6 Å². The van der Waals surface area contributed by atoms with Gasteiger partial charge in [-0.05, 0) is 24.6 Å². The van der Waals surface area contributed by atoms with Crippen LogP contribution in [-0.4, -0.2) is 24.1 Å². The van der Waals surface area contributed by atoms with Crippen LogP contribution in [0, 0.1) is 0 Å². The van der Waals surface area contributed by atoms with Gasteiger partial charge in [-0.2, -0.15) is 0 Å². The number of hydrogen-bond donors (Lipinski definition) is 2. The summed E-state index contributed by atoms with van der Waals surface area (Å²) in [5.41, 5.74) is 1.16. The molecular formula is C14H17BrN4O. The summed E-state index contributed by atoms with van der Waals surface area (Å²) in [5.74, 6) is 1.93. The Morgan fingerprint density at radius 1 is 1.25 bits per heavy atom. The minimum atomic E-state index is 0.0982. The van der Waals surface area contributed by atoms with Crippen molar-refractivity contribution in [3.05, 3.63) is 40.6 Å². The van der Waals surface area contributed by atoms with Crippen molar-refractivity contribution < 1.29 is 4.74 Å². The first-order valence-electron chi connectivity index (χ1n) is 6.24. The number of benzene rings is 1. The van der Waals surface area contributed by atoms with E-state index in [4.69, 9.17) is 4.74 Å². The summed E-state index contributed by atoms with van der Waals surface area (Å²) in [6, 6.07) is 8.24. The maximum Gasteiger partial charge on any atom is 0.204 e. The van der Waals surface area contributed by atoms with Crippen molar-refractivity contribution in [2.45, 2.75) is 13.0 Å². The summed E-state index contributed by atoms with van der Waals surface area (Å²) in [4.78, 5) is 8.38. The van der Waals surface area contributed by atoms with Gasteiger partial charge in [0, 0.05) is 11.5 Å². The first kappa shape index (κ1) is 14.6. The second-order valence-corrected chi connectivity index (χ2v) is 5.19. The molecule has 20 heavy (non-hydrogen) atoms. The van der Waals surface area contributed by atoms with Crippen LogP contribution in [0.25, 0.3) is 0 Å². The number of anilines is 2. The van der Waals surface area contributed by atoms with Crippen molar-refractivity contribution in [1.29, 1.82) is 0 Å². The molecule has 2 N–H and O–H groups in total. The molecule has 2 aromatic rings. The van der Waals surface area contributed by atoms with Gasteiger partial charge >= 0.3 is 0 Å². The SMILES string of the molecule is CNc1ncnc(NC(C)c2cccc(Br)c2)c1OC. The number of nitrogens with one attached hydrogen (secondary N) is 2. The van der Waals surface area contributed by atoms with Gasteiger partial charge in [-0.1, -0.05) is 28.1 Å². The Bertz CT molecular complexity index is 591. The van der Waals surface area contributed by atoms with E-state index in [0.29, 0.717) is 17.4 Å². The molecule has 0 aliphatic heterocycles. The van der Waals surface area contributed by atoms with E-state index in [9.17, 15) is 0 Å². The van der Waals surface area contributed by atoms with Crippen LogP contribution in [0.3, 0.4) is 0 Å². The molecule has 106 valence electrons. The normalized spacial score (nSPS) is 11.8. The van der Waals surface area contributed by atoms with Gasteiger partial charge < -0.3 is 15.4 Å². The monoisotopic (exact) mass is 336 g/mol. The first-order valence-corrected chi connectivity index (χ1v) is 7.03. The molecule has 2 rings (SSSR count). The summed E-state index contributed by atoms with van der Waals surface area (Å²) in [6.45, 7) is 2.07. The van der Waals surface area contributed by atoms with Gasteiger partial charge in [-0.25, -0.2) is 9.97 Å². The molecule has 0 fully saturated rings. The molecule has 5 nitrogen and oxygen atoms in total. The van der Waals surface area contributed by atoms with Crippen LogP contribution in [0.1, 0.15) is 18.5 Å². The predicted octanol–water partition coefficient (Wildman–Crippen LogP) is 3.46. The fraction of sp³-hybridized carbons (Fsp3) is 0.286. The Balaban J connectivity index is 2.25. The van der Waals surface area contributed by atoms with E-state index < -0.39 is 0 Å². The number of halogens is 1. The Morgan fingerprint density at radius 3 is 2.65 bits per heavy atom. The molecule has 0 spiro atoms. The molecule has 1 aromatic heterocycles. The topological polar surface area (TPSA) is 59.1 Å². The maximum absolute atomic E-state index is 5.37. The lowest BCUT2D eigenvalue weighted by atomic mass is 10.1. The van der Waals surface area contributed by atoms with E-state index >= 15 is 0 Å². The molecule has 1 unspecified atom stereocenters. The third-order valence-electron chi connectivity index (χ3n) is 2.95. The van der Waals surface area contributed by atoms with Crippen LogP contribution >= 0.6 is 15.9 Å². The molecule has 1 atom stereocenters. The lowest BCUT2D eigenvalue weighted by molar-refractivity contribution is 0.414. The summed E-state index contributed by atoms with van der Waals surface area (Å²) in [6.07, 6.45) is 1.50. The van der Waals surface area contributed by atoms with Crippen LogP contribution < -0.4 is 15.4 Å². The highest BCUT2D eigenvalue weighted by Crippen LogP contribution is 2.31. The molecule has 0 aliphatic rings. The molecule has 0 amide bonds. The zero-order valence-corrected chi connectivity index (χ0v) is 13.2. The molecule has 0 bridgehead atoms. The summed E-state index contributed by atoms with van der Waals surface area (Å²) in [7, 11) is 3.40. The molecule has 1 aromatic carbocycles. The van der Waals surface area contributed by atoms with Gasteiger partial charge in [0.2, 0.25) is 5.75 Å². The third kappa shape index (κ3) is 3.19. The van der Waals surface area contributed by atoms with E-state index in [1.807, 2.05) is 12.1 Å². The fourth-order valence-corrected chi connectivity index (χ4v) is 2.33. The van der Waals surface area contributed by atoms with Crippen LogP contribution in [-0.2, 0) is 0 Å². The summed E-state index contributed by atoms with van der Waals surface area (Å²) in [5, 5.41) is 6.33. The quantitative estimate of drug-likeness (QED) is 0.875. The standard InChI is InChI=1S/C14H17BrN4O/c1-9(10-5-4-6-11(15)7-10)19-14-12(20-3)13(16-2)17-8-18-14/h4-9H,1-3H3,(H2,16,17,18,19). The van der Waals surface area contributed by atoms with Crippen LogP contribution in [0.15, 0.2) is 35.1 Å². The fourth-order valence-electron chi connectivity index (χ4n) is 1.91. The predicted molar refractivity (Wildman–Crippen MR) is 84.3 cm³/mol. The lowest BCUT2D eigenvalue weighted by Gasteiger charge is -2.18. The van der Waals surface area contributed by atoms with E-state index in [2.05, 4.69) is 55.6 Å². The second kappa shape index (κ2) is 6.56. The minimum Gasteiger partial charge on any atom is -0.490 e. The minimum absolute atomic E-state index is 0.0982. The van der Waals surface area contributed by atoms with E-state index in [0.717, 1.165) is 10.0 Å². The van der Waals surface area contributed by atoms with E-state index in [1.54, 1.807) is 14.2 Å². The number of hydrogen-bond acceptors (Lipinski definition) is 5. The first-order chi connectivity index (χ1) is 9.65. The van der Waals surface area contributed by atoms with Crippen molar-refractivity contribution in [2.24, 2.45) is 0 Å². The molecule has 1 heterocycles. The largest absolute Gasteiger partial charge is 0.490 e. The van der Waals surface area contributed by atoms with Crippen molar-refractivity contribution in [3.8, 4) is 5.75 Å². The molecule has 6 heteroatoms. The van der Waals surface area contributed by atoms with Gasteiger partial charge in [0.1, 0.15) is 6.33 Å². The average molecular weight is 337 g/mol. The number of rotatable bonds is 5. The van der Waals surface area contributed by atoms with Crippen molar-refractivity contribution in [2.75, 3.05) is 24.8 Å². The van der Waals surface area contributed by atoms with Gasteiger partial charge in [0.05, 0.1) is 13.2 Å². The van der Waals surface area contributed by atoms with Gasteiger partial charge in [-0.3, -0.25) is 0 Å². The molecule has 0 aliphatic carbocycles. The highest BCUT2D eigenvalue weighted by molar-refractivity contribution is 9.10. The van der Waals surface area contributed by atoms with E-state index in [1.165, 1.54) is 6.33 Å². The smallest absolute Gasteiger partial charge is 0.204 e.